The molecule has 3 rings (SSSR count). The molecule has 0 spiro atoms. The number of halogens is 1. The van der Waals surface area contributed by atoms with E-state index in [-0.39, 0.29) is 6.23 Å². The quantitative estimate of drug-likeness (QED) is 0.883. The Kier molecular flexibility index (Phi) is 3.70. The molecule has 1 aliphatic heterocycles. The Morgan fingerprint density at radius 1 is 1.48 bits per heavy atom. The second-order valence-electron chi connectivity index (χ2n) is 5.00. The van der Waals surface area contributed by atoms with Gasteiger partial charge in [-0.1, -0.05) is 6.07 Å². The van der Waals surface area contributed by atoms with Crippen molar-refractivity contribution in [2.75, 3.05) is 6.61 Å². The van der Waals surface area contributed by atoms with E-state index in [1.165, 1.54) is 6.08 Å². The van der Waals surface area contributed by atoms with Crippen molar-refractivity contribution in [1.29, 1.82) is 0 Å². The summed E-state index contributed by atoms with van der Waals surface area (Å²) in [6, 6.07) is 5.00. The molecular formula is C15H15FN2O3. The number of rotatable bonds is 3. The minimum absolute atomic E-state index is 0.260. The molecule has 110 valence electrons. The Labute approximate surface area is 120 Å². The van der Waals surface area contributed by atoms with Crippen LogP contribution in [0.2, 0.25) is 0 Å². The molecule has 6 heteroatoms. The molecule has 2 aromatic rings. The third-order valence-corrected chi connectivity index (χ3v) is 3.53. The monoisotopic (exact) mass is 290 g/mol. The summed E-state index contributed by atoms with van der Waals surface area (Å²) in [5, 5.41) is 13.0. The molecular weight excluding hydrogens is 275 g/mol. The molecule has 0 aliphatic carbocycles. The maximum absolute atomic E-state index is 13.9. The average Bonchev–Trinajstić information content (AvgIpc) is 2.83. The number of carboxylic acids is 1. The van der Waals surface area contributed by atoms with Gasteiger partial charge >= 0.3 is 5.97 Å². The first-order chi connectivity index (χ1) is 10.1. The Balaban J connectivity index is 2.03. The topological polar surface area (TPSA) is 64.3 Å². The lowest BCUT2D eigenvalue weighted by molar-refractivity contribution is -0.131. The highest BCUT2D eigenvalue weighted by Crippen LogP contribution is 2.28. The van der Waals surface area contributed by atoms with E-state index >= 15 is 0 Å². The molecule has 21 heavy (non-hydrogen) atoms. The number of carboxylic acid groups (broad SMARTS) is 1. The summed E-state index contributed by atoms with van der Waals surface area (Å²) in [4.78, 5) is 10.6. The lowest BCUT2D eigenvalue weighted by atomic mass is 10.1. The molecule has 1 aliphatic rings. The van der Waals surface area contributed by atoms with Crippen molar-refractivity contribution in [1.82, 2.24) is 9.78 Å². The van der Waals surface area contributed by atoms with Gasteiger partial charge in [-0.25, -0.2) is 9.48 Å². The summed E-state index contributed by atoms with van der Waals surface area (Å²) < 4.78 is 21.1. The molecule has 1 saturated heterocycles. The van der Waals surface area contributed by atoms with E-state index in [9.17, 15) is 9.18 Å². The van der Waals surface area contributed by atoms with Crippen molar-refractivity contribution in [3.63, 3.8) is 0 Å². The van der Waals surface area contributed by atoms with Crippen LogP contribution in [0.1, 0.15) is 31.1 Å². The van der Waals surface area contributed by atoms with Crippen LogP contribution in [0, 0.1) is 5.95 Å². The summed E-state index contributed by atoms with van der Waals surface area (Å²) in [6.07, 6.45) is 5.08. The van der Waals surface area contributed by atoms with E-state index in [1.54, 1.807) is 22.9 Å². The third kappa shape index (κ3) is 2.80. The fraction of sp³-hybridized carbons (Fsp3) is 0.333. The highest BCUT2D eigenvalue weighted by Gasteiger charge is 2.21. The fourth-order valence-electron chi connectivity index (χ4n) is 2.52. The Hall–Kier alpha value is -2.21. The predicted octanol–water partition coefficient (Wildman–Crippen LogP) is 2.97. The van der Waals surface area contributed by atoms with E-state index in [2.05, 4.69) is 5.10 Å². The van der Waals surface area contributed by atoms with Crippen molar-refractivity contribution >= 4 is 22.9 Å². The standard InChI is InChI=1S/C15H15FN2O3/c16-15-11-6-4-10(5-7-14(19)20)9-12(11)18(17-15)13-3-1-2-8-21-13/h4-7,9,13H,1-3,8H2,(H,19,20). The van der Waals surface area contributed by atoms with Crippen LogP contribution < -0.4 is 0 Å². The van der Waals surface area contributed by atoms with Crippen molar-refractivity contribution in [3.8, 4) is 0 Å². The highest BCUT2D eigenvalue weighted by molar-refractivity contribution is 5.87. The molecule has 1 atom stereocenters. The summed E-state index contributed by atoms with van der Waals surface area (Å²) in [6.45, 7) is 0.645. The first kappa shape index (κ1) is 13.8. The molecule has 1 N–H and O–H groups in total. The SMILES string of the molecule is O=C(O)C=Cc1ccc2c(F)nn(C3CCCCO3)c2c1. The van der Waals surface area contributed by atoms with Gasteiger partial charge in [-0.05, 0) is 43.0 Å². The highest BCUT2D eigenvalue weighted by atomic mass is 19.1. The predicted molar refractivity (Wildman–Crippen MR) is 75.2 cm³/mol. The normalized spacial score (nSPS) is 19.4. The lowest BCUT2D eigenvalue weighted by Crippen LogP contribution is -2.19. The number of fused-ring (bicyclic) bond motifs is 1. The van der Waals surface area contributed by atoms with Crippen molar-refractivity contribution in [3.05, 3.63) is 35.8 Å². The minimum Gasteiger partial charge on any atom is -0.478 e. The van der Waals surface area contributed by atoms with Crippen LogP contribution in [0.5, 0.6) is 0 Å². The van der Waals surface area contributed by atoms with Gasteiger partial charge in [0.05, 0.1) is 10.9 Å². The molecule has 5 nitrogen and oxygen atoms in total. The van der Waals surface area contributed by atoms with Gasteiger partial charge in [0, 0.05) is 12.7 Å². The molecule has 1 aromatic carbocycles. The number of hydrogen-bond donors (Lipinski definition) is 1. The molecule has 1 aromatic heterocycles. The van der Waals surface area contributed by atoms with Gasteiger partial charge in [-0.15, -0.1) is 5.10 Å². The van der Waals surface area contributed by atoms with Crippen LogP contribution in [0.4, 0.5) is 4.39 Å². The van der Waals surface area contributed by atoms with Gasteiger partial charge in [-0.3, -0.25) is 0 Å². The molecule has 1 fully saturated rings. The zero-order valence-corrected chi connectivity index (χ0v) is 11.3. The zero-order chi connectivity index (χ0) is 14.8. The van der Waals surface area contributed by atoms with Gasteiger partial charge in [0.15, 0.2) is 6.23 Å². The summed E-state index contributed by atoms with van der Waals surface area (Å²) in [7, 11) is 0. The van der Waals surface area contributed by atoms with Crippen molar-refractivity contribution in [2.45, 2.75) is 25.5 Å². The van der Waals surface area contributed by atoms with Gasteiger partial charge in [0.1, 0.15) is 0 Å². The first-order valence-electron chi connectivity index (χ1n) is 6.85. The summed E-state index contributed by atoms with van der Waals surface area (Å²) >= 11 is 0. The molecule has 0 saturated carbocycles. The van der Waals surface area contributed by atoms with Gasteiger partial charge in [0.25, 0.3) is 0 Å². The number of hydrogen-bond acceptors (Lipinski definition) is 3. The summed E-state index contributed by atoms with van der Waals surface area (Å²) in [5.41, 5.74) is 1.30. The number of benzene rings is 1. The van der Waals surface area contributed by atoms with Crippen LogP contribution in [-0.4, -0.2) is 27.5 Å². The van der Waals surface area contributed by atoms with Gasteiger partial charge in [0.2, 0.25) is 5.95 Å². The molecule has 0 radical (unpaired) electrons. The second kappa shape index (κ2) is 5.65. The largest absolute Gasteiger partial charge is 0.478 e. The Morgan fingerprint density at radius 2 is 2.33 bits per heavy atom. The van der Waals surface area contributed by atoms with E-state index < -0.39 is 11.9 Å². The van der Waals surface area contributed by atoms with Crippen molar-refractivity contribution < 1.29 is 19.0 Å². The van der Waals surface area contributed by atoms with E-state index in [4.69, 9.17) is 9.84 Å². The van der Waals surface area contributed by atoms with E-state index in [0.717, 1.165) is 25.3 Å². The Bertz CT molecular complexity index is 702. The van der Waals surface area contributed by atoms with Crippen LogP contribution in [0.15, 0.2) is 24.3 Å². The van der Waals surface area contributed by atoms with Crippen molar-refractivity contribution in [2.24, 2.45) is 0 Å². The van der Waals surface area contributed by atoms with E-state index in [0.29, 0.717) is 23.1 Å². The zero-order valence-electron chi connectivity index (χ0n) is 11.3. The van der Waals surface area contributed by atoms with Crippen LogP contribution >= 0.6 is 0 Å². The molecule has 2 heterocycles. The van der Waals surface area contributed by atoms with E-state index in [1.807, 2.05) is 0 Å². The lowest BCUT2D eigenvalue weighted by Gasteiger charge is -2.23. The molecule has 0 bridgehead atoms. The fourth-order valence-corrected chi connectivity index (χ4v) is 2.52. The Morgan fingerprint density at radius 3 is 3.05 bits per heavy atom. The number of ether oxygens (including phenoxy) is 1. The molecule has 1 unspecified atom stereocenters. The first-order valence-corrected chi connectivity index (χ1v) is 6.85. The third-order valence-electron chi connectivity index (χ3n) is 3.53. The minimum atomic E-state index is -1.02. The van der Waals surface area contributed by atoms with Gasteiger partial charge < -0.3 is 9.84 Å². The number of nitrogens with zero attached hydrogens (tertiary/aromatic N) is 2. The maximum Gasteiger partial charge on any atom is 0.328 e. The van der Waals surface area contributed by atoms with Crippen LogP contribution in [0.25, 0.3) is 17.0 Å². The second-order valence-corrected chi connectivity index (χ2v) is 5.00. The number of carbonyl (C=O) groups is 1. The summed E-state index contributed by atoms with van der Waals surface area (Å²) in [5.74, 6) is -1.56. The van der Waals surface area contributed by atoms with Crippen LogP contribution in [-0.2, 0) is 9.53 Å². The number of aliphatic carboxylic acids is 1. The average molecular weight is 290 g/mol. The van der Waals surface area contributed by atoms with Gasteiger partial charge in [-0.2, -0.15) is 4.39 Å². The van der Waals surface area contributed by atoms with Crippen LogP contribution in [0.3, 0.4) is 0 Å². The maximum atomic E-state index is 13.9. The molecule has 0 amide bonds. The number of aromatic nitrogens is 2. The smallest absolute Gasteiger partial charge is 0.328 e.